The van der Waals surface area contributed by atoms with E-state index in [1.807, 2.05) is 37.3 Å². The van der Waals surface area contributed by atoms with Crippen molar-refractivity contribution in [3.05, 3.63) is 81.0 Å². The molecule has 1 unspecified atom stereocenters. The number of dihydropyridines is 1. The van der Waals surface area contributed by atoms with Crippen molar-refractivity contribution in [1.29, 1.82) is 5.26 Å². The number of ether oxygens (including phenoxy) is 1. The minimum Gasteiger partial charge on any atom is -0.495 e. The second-order valence-electron chi connectivity index (χ2n) is 8.00. The highest BCUT2D eigenvalue weighted by Crippen LogP contribution is 2.43. The van der Waals surface area contributed by atoms with Gasteiger partial charge in [0, 0.05) is 28.6 Å². The Bertz CT molecular complexity index is 1170. The van der Waals surface area contributed by atoms with Crippen molar-refractivity contribution in [2.75, 3.05) is 37.8 Å². The third-order valence-electron chi connectivity index (χ3n) is 6.01. The van der Waals surface area contributed by atoms with E-state index in [2.05, 4.69) is 35.5 Å². The Balaban J connectivity index is 2.01. The van der Waals surface area contributed by atoms with E-state index < -0.39 is 5.92 Å². The second kappa shape index (κ2) is 12.7. The fraction of sp³-hybridized carbons (Fsp3) is 0.333. The van der Waals surface area contributed by atoms with Gasteiger partial charge in [-0.05, 0) is 43.8 Å². The number of amides is 1. The van der Waals surface area contributed by atoms with E-state index in [4.69, 9.17) is 16.3 Å². The van der Waals surface area contributed by atoms with Crippen LogP contribution in [0.25, 0.3) is 0 Å². The van der Waals surface area contributed by atoms with Crippen LogP contribution in [0.2, 0.25) is 5.02 Å². The van der Waals surface area contributed by atoms with Crippen LogP contribution in [0.15, 0.2) is 70.4 Å². The summed E-state index contributed by atoms with van der Waals surface area (Å²) in [6.07, 6.45) is 0. The van der Waals surface area contributed by atoms with Crippen LogP contribution in [-0.4, -0.2) is 43.3 Å². The molecule has 2 N–H and O–H groups in total. The molecule has 35 heavy (non-hydrogen) atoms. The number of nitrogens with one attached hydrogen (secondary N) is 2. The highest BCUT2D eigenvalue weighted by Gasteiger charge is 2.36. The monoisotopic (exact) mass is 510 g/mol. The number of methoxy groups -OCH3 is 1. The maximum Gasteiger partial charge on any atom is 0.254 e. The summed E-state index contributed by atoms with van der Waals surface area (Å²) in [6.45, 7) is 8.99. The first-order chi connectivity index (χ1) is 16.9. The Kier molecular flexibility index (Phi) is 9.67. The molecule has 1 heterocycles. The summed E-state index contributed by atoms with van der Waals surface area (Å²) in [7, 11) is 1.56. The van der Waals surface area contributed by atoms with E-state index in [0.717, 1.165) is 36.0 Å². The van der Waals surface area contributed by atoms with Crippen LogP contribution in [0.5, 0.6) is 5.75 Å². The van der Waals surface area contributed by atoms with Gasteiger partial charge in [0.2, 0.25) is 0 Å². The number of carbonyl (C=O) groups excluding carboxylic acids is 1. The number of halogens is 1. The van der Waals surface area contributed by atoms with Gasteiger partial charge in [0.25, 0.3) is 5.91 Å². The van der Waals surface area contributed by atoms with Crippen LogP contribution in [-0.2, 0) is 4.79 Å². The van der Waals surface area contributed by atoms with Gasteiger partial charge in [0.05, 0.1) is 35.4 Å². The van der Waals surface area contributed by atoms with Crippen LogP contribution >= 0.6 is 23.4 Å². The highest BCUT2D eigenvalue weighted by atomic mass is 35.5. The van der Waals surface area contributed by atoms with Gasteiger partial charge in [-0.3, -0.25) is 4.79 Å². The Morgan fingerprint density at radius 2 is 1.89 bits per heavy atom. The van der Waals surface area contributed by atoms with Crippen LogP contribution in [0.4, 0.5) is 5.69 Å². The van der Waals surface area contributed by atoms with Crippen LogP contribution in [0.3, 0.4) is 0 Å². The number of nitrogens with zero attached hydrogens (tertiary/aromatic N) is 2. The van der Waals surface area contributed by atoms with E-state index in [1.165, 1.54) is 0 Å². The topological polar surface area (TPSA) is 77.4 Å². The Morgan fingerprint density at radius 3 is 2.54 bits per heavy atom. The number of para-hydroxylation sites is 2. The third kappa shape index (κ3) is 6.21. The molecule has 2 aromatic rings. The Morgan fingerprint density at radius 1 is 1.20 bits per heavy atom. The fourth-order valence-electron chi connectivity index (χ4n) is 4.10. The molecule has 0 spiro atoms. The summed E-state index contributed by atoms with van der Waals surface area (Å²) in [5, 5.41) is 17.8. The fourth-order valence-corrected chi connectivity index (χ4v) is 5.44. The summed E-state index contributed by atoms with van der Waals surface area (Å²) < 4.78 is 5.40. The lowest BCUT2D eigenvalue weighted by atomic mass is 9.82. The Labute approximate surface area is 217 Å². The predicted octanol–water partition coefficient (Wildman–Crippen LogP) is 5.76. The van der Waals surface area contributed by atoms with Crippen molar-refractivity contribution in [2.45, 2.75) is 26.7 Å². The molecule has 184 valence electrons. The lowest BCUT2D eigenvalue weighted by molar-refractivity contribution is -0.113. The summed E-state index contributed by atoms with van der Waals surface area (Å²) in [6, 6.07) is 17.0. The molecule has 0 fully saturated rings. The zero-order chi connectivity index (χ0) is 25.4. The lowest BCUT2D eigenvalue weighted by Crippen LogP contribution is -2.31. The molecule has 1 aliphatic heterocycles. The number of anilines is 1. The maximum absolute atomic E-state index is 13.6. The number of benzene rings is 2. The minimum atomic E-state index is -0.597. The van der Waals surface area contributed by atoms with Crippen molar-refractivity contribution in [3.8, 4) is 11.8 Å². The molecule has 1 atom stereocenters. The first kappa shape index (κ1) is 26.7. The molecule has 0 saturated heterocycles. The molecular formula is C27H31ClN4O2S. The highest BCUT2D eigenvalue weighted by molar-refractivity contribution is 8.03. The SMILES string of the molecule is CCN(CC)CCSC1=C(C#N)C(c2ccccc2Cl)C(C(=O)Nc2ccccc2OC)=C(C)N1. The lowest BCUT2D eigenvalue weighted by Gasteiger charge is -2.30. The standard InChI is InChI=1S/C27H31ClN4O2S/c1-5-32(6-2)15-16-35-27-20(17-29)25(19-11-7-8-12-21(19)28)24(18(3)30-27)26(33)31-22-13-9-10-14-23(22)34-4/h7-14,25,30H,5-6,15-16H2,1-4H3,(H,31,33). The molecule has 1 aliphatic rings. The molecule has 3 rings (SSSR count). The van der Waals surface area contributed by atoms with Crippen molar-refractivity contribution in [1.82, 2.24) is 10.2 Å². The predicted molar refractivity (Wildman–Crippen MR) is 145 cm³/mol. The third-order valence-corrected chi connectivity index (χ3v) is 7.35. The van der Waals surface area contributed by atoms with Crippen molar-refractivity contribution < 1.29 is 9.53 Å². The van der Waals surface area contributed by atoms with Crippen molar-refractivity contribution in [2.24, 2.45) is 0 Å². The van der Waals surface area contributed by atoms with Gasteiger partial charge in [-0.15, -0.1) is 11.8 Å². The molecule has 0 radical (unpaired) electrons. The molecular weight excluding hydrogens is 480 g/mol. The van der Waals surface area contributed by atoms with Gasteiger partial charge in [0.15, 0.2) is 0 Å². The molecule has 0 aromatic heterocycles. The van der Waals surface area contributed by atoms with Gasteiger partial charge < -0.3 is 20.3 Å². The van der Waals surface area contributed by atoms with Crippen LogP contribution in [0, 0.1) is 11.3 Å². The van der Waals surface area contributed by atoms with Crippen molar-refractivity contribution >= 4 is 35.0 Å². The quantitative estimate of drug-likeness (QED) is 0.423. The van der Waals surface area contributed by atoms with E-state index >= 15 is 0 Å². The maximum atomic E-state index is 13.6. The van der Waals surface area contributed by atoms with Crippen LogP contribution in [0.1, 0.15) is 32.3 Å². The van der Waals surface area contributed by atoms with Crippen LogP contribution < -0.4 is 15.4 Å². The van der Waals surface area contributed by atoms with E-state index in [0.29, 0.717) is 33.3 Å². The van der Waals surface area contributed by atoms with Gasteiger partial charge in [-0.1, -0.05) is 55.8 Å². The summed E-state index contributed by atoms with van der Waals surface area (Å²) in [5.74, 6) is 0.464. The number of hydrogen-bond acceptors (Lipinski definition) is 6. The van der Waals surface area contributed by atoms with Gasteiger partial charge >= 0.3 is 0 Å². The summed E-state index contributed by atoms with van der Waals surface area (Å²) in [4.78, 5) is 16.0. The minimum absolute atomic E-state index is 0.315. The number of nitriles is 1. The molecule has 0 saturated carbocycles. The Hall–Kier alpha value is -2.92. The molecule has 0 bridgehead atoms. The molecule has 8 heteroatoms. The normalized spacial score (nSPS) is 15.6. The average Bonchev–Trinajstić information content (AvgIpc) is 2.86. The van der Waals surface area contributed by atoms with E-state index in [9.17, 15) is 10.1 Å². The number of carbonyl (C=O) groups is 1. The average molecular weight is 511 g/mol. The molecule has 6 nitrogen and oxygen atoms in total. The molecule has 2 aromatic carbocycles. The second-order valence-corrected chi connectivity index (χ2v) is 9.51. The number of hydrogen-bond donors (Lipinski definition) is 2. The molecule has 0 aliphatic carbocycles. The van der Waals surface area contributed by atoms with Gasteiger partial charge in [-0.25, -0.2) is 0 Å². The summed E-state index contributed by atoms with van der Waals surface area (Å²) >= 11 is 8.19. The smallest absolute Gasteiger partial charge is 0.254 e. The zero-order valence-electron chi connectivity index (χ0n) is 20.5. The number of thioether (sulfide) groups is 1. The largest absolute Gasteiger partial charge is 0.495 e. The summed E-state index contributed by atoms with van der Waals surface area (Å²) in [5.41, 5.74) is 2.90. The first-order valence-electron chi connectivity index (χ1n) is 11.6. The van der Waals surface area contributed by atoms with Gasteiger partial charge in [-0.2, -0.15) is 5.26 Å². The molecule has 1 amide bonds. The van der Waals surface area contributed by atoms with Gasteiger partial charge in [0.1, 0.15) is 5.75 Å². The zero-order valence-corrected chi connectivity index (χ0v) is 22.1. The number of allylic oxidation sites excluding steroid dienone is 2. The van der Waals surface area contributed by atoms with E-state index in [1.54, 1.807) is 37.1 Å². The van der Waals surface area contributed by atoms with Crippen molar-refractivity contribution in [3.63, 3.8) is 0 Å². The number of rotatable bonds is 10. The first-order valence-corrected chi connectivity index (χ1v) is 13.0. The van der Waals surface area contributed by atoms with E-state index in [-0.39, 0.29) is 5.91 Å².